The molecule has 0 saturated heterocycles. The number of nitrogen functional groups attached to an aromatic ring is 1. The van der Waals surface area contributed by atoms with Crippen LogP contribution in [0, 0.1) is 18.3 Å². The molecule has 0 spiro atoms. The fraction of sp³-hybridized carbons (Fsp3) is 0.0556. The average Bonchev–Trinajstić information content (AvgIpc) is 2.58. The molecule has 2 aromatic carbocycles. The van der Waals surface area contributed by atoms with Crippen molar-refractivity contribution in [3.8, 4) is 6.07 Å². The molecule has 0 bridgehead atoms. The molecule has 8 heteroatoms. The van der Waals surface area contributed by atoms with E-state index in [-0.39, 0.29) is 0 Å². The number of rotatable bonds is 4. The number of hydrogen-bond acceptors (Lipinski definition) is 6. The molecule has 0 unspecified atom stereocenters. The number of nitrogens with one attached hydrogen (secondary N) is 2. The zero-order valence-corrected chi connectivity index (χ0v) is 15.2. The Balaban J connectivity index is 1.87. The summed E-state index contributed by atoms with van der Waals surface area (Å²) in [6.45, 7) is 1.89. The zero-order chi connectivity index (χ0) is 18.7. The Morgan fingerprint density at radius 2 is 1.77 bits per heavy atom. The van der Waals surface area contributed by atoms with Crippen molar-refractivity contribution in [3.63, 3.8) is 0 Å². The summed E-state index contributed by atoms with van der Waals surface area (Å²) in [5.41, 5.74) is 8.76. The topological polar surface area (TPSA) is 99.6 Å². The number of nitrogens with two attached hydrogens (primary N) is 1. The van der Waals surface area contributed by atoms with Crippen molar-refractivity contribution in [2.75, 3.05) is 16.4 Å². The molecule has 0 aliphatic heterocycles. The van der Waals surface area contributed by atoms with E-state index in [0.717, 1.165) is 11.3 Å². The van der Waals surface area contributed by atoms with E-state index >= 15 is 0 Å². The highest BCUT2D eigenvalue weighted by molar-refractivity contribution is 6.36. The smallest absolute Gasteiger partial charge is 0.231 e. The molecule has 0 fully saturated rings. The van der Waals surface area contributed by atoms with Gasteiger partial charge < -0.3 is 16.4 Å². The lowest BCUT2D eigenvalue weighted by Gasteiger charge is -2.13. The molecule has 0 aliphatic rings. The molecule has 0 radical (unpaired) electrons. The fourth-order valence-corrected chi connectivity index (χ4v) is 2.97. The molecular weight excluding hydrogens is 371 g/mol. The highest BCUT2D eigenvalue weighted by Gasteiger charge is 2.09. The van der Waals surface area contributed by atoms with Gasteiger partial charge in [0.15, 0.2) is 0 Å². The first-order valence-corrected chi connectivity index (χ1v) is 8.34. The maximum Gasteiger partial charge on any atom is 0.231 e. The minimum absolute atomic E-state index is 0.293. The molecule has 4 N–H and O–H groups in total. The number of anilines is 5. The Kier molecular flexibility index (Phi) is 5.12. The third kappa shape index (κ3) is 4.14. The monoisotopic (exact) mass is 384 g/mol. The third-order valence-electron chi connectivity index (χ3n) is 3.52. The van der Waals surface area contributed by atoms with Crippen LogP contribution in [0.4, 0.5) is 29.0 Å². The Bertz CT molecular complexity index is 973. The highest BCUT2D eigenvalue weighted by atomic mass is 35.5. The largest absolute Gasteiger partial charge is 0.383 e. The maximum atomic E-state index is 8.85. The average molecular weight is 385 g/mol. The molecule has 26 heavy (non-hydrogen) atoms. The van der Waals surface area contributed by atoms with Crippen LogP contribution >= 0.6 is 23.2 Å². The Labute approximate surface area is 160 Å². The van der Waals surface area contributed by atoms with E-state index < -0.39 is 0 Å². The van der Waals surface area contributed by atoms with Crippen LogP contribution in [-0.2, 0) is 0 Å². The second-order valence-electron chi connectivity index (χ2n) is 5.52. The van der Waals surface area contributed by atoms with E-state index in [1.165, 1.54) is 0 Å². The standard InChI is InChI=1S/C18H14Cl2N6/c1-10-6-12(19)7-14(20)17(10)25-16-8-15(22)24-18(26-16)23-13-4-2-11(9-21)3-5-13/h2-8H,1H3,(H4,22,23,24,25,26). The van der Waals surface area contributed by atoms with Crippen LogP contribution in [0.15, 0.2) is 42.5 Å². The van der Waals surface area contributed by atoms with E-state index in [1.54, 1.807) is 42.5 Å². The van der Waals surface area contributed by atoms with Crippen molar-refractivity contribution in [3.05, 3.63) is 63.6 Å². The highest BCUT2D eigenvalue weighted by Crippen LogP contribution is 2.32. The first kappa shape index (κ1) is 17.8. The summed E-state index contributed by atoms with van der Waals surface area (Å²) in [5, 5.41) is 16.1. The van der Waals surface area contributed by atoms with Gasteiger partial charge >= 0.3 is 0 Å². The lowest BCUT2D eigenvalue weighted by atomic mass is 10.2. The van der Waals surface area contributed by atoms with E-state index in [1.807, 2.05) is 6.92 Å². The first-order chi connectivity index (χ1) is 12.4. The van der Waals surface area contributed by atoms with Gasteiger partial charge in [-0.3, -0.25) is 0 Å². The van der Waals surface area contributed by atoms with E-state index in [9.17, 15) is 0 Å². The van der Waals surface area contributed by atoms with Gasteiger partial charge in [0.25, 0.3) is 0 Å². The summed E-state index contributed by atoms with van der Waals surface area (Å²) in [7, 11) is 0. The maximum absolute atomic E-state index is 8.85. The molecule has 3 rings (SSSR count). The number of nitrogens with zero attached hydrogens (tertiary/aromatic N) is 3. The van der Waals surface area contributed by atoms with Gasteiger partial charge in [-0.15, -0.1) is 0 Å². The second-order valence-corrected chi connectivity index (χ2v) is 6.36. The molecule has 0 saturated carbocycles. The van der Waals surface area contributed by atoms with Gasteiger partial charge in [0.1, 0.15) is 11.6 Å². The van der Waals surface area contributed by atoms with Gasteiger partial charge in [0.05, 0.1) is 22.3 Å². The molecule has 0 amide bonds. The number of aryl methyl sites for hydroxylation is 1. The summed E-state index contributed by atoms with van der Waals surface area (Å²) in [6.07, 6.45) is 0. The van der Waals surface area contributed by atoms with Gasteiger partial charge in [0.2, 0.25) is 5.95 Å². The quantitative estimate of drug-likeness (QED) is 0.582. The van der Waals surface area contributed by atoms with Crippen LogP contribution in [0.1, 0.15) is 11.1 Å². The second kappa shape index (κ2) is 7.48. The van der Waals surface area contributed by atoms with Gasteiger partial charge in [-0.25, -0.2) is 0 Å². The van der Waals surface area contributed by atoms with Gasteiger partial charge in [0, 0.05) is 16.8 Å². The number of halogens is 2. The zero-order valence-electron chi connectivity index (χ0n) is 13.7. The minimum atomic E-state index is 0.293. The first-order valence-electron chi connectivity index (χ1n) is 7.59. The summed E-state index contributed by atoms with van der Waals surface area (Å²) in [6, 6.07) is 14.0. The van der Waals surface area contributed by atoms with Crippen LogP contribution < -0.4 is 16.4 Å². The van der Waals surface area contributed by atoms with Crippen molar-refractivity contribution in [1.82, 2.24) is 9.97 Å². The number of nitriles is 1. The molecule has 0 aliphatic carbocycles. The van der Waals surface area contributed by atoms with Crippen molar-refractivity contribution >= 4 is 52.2 Å². The third-order valence-corrected chi connectivity index (χ3v) is 4.04. The van der Waals surface area contributed by atoms with Crippen molar-refractivity contribution in [2.45, 2.75) is 6.92 Å². The molecule has 0 atom stereocenters. The van der Waals surface area contributed by atoms with Crippen LogP contribution in [-0.4, -0.2) is 9.97 Å². The predicted molar refractivity (Wildman–Crippen MR) is 105 cm³/mol. The molecule has 130 valence electrons. The fourth-order valence-electron chi connectivity index (χ4n) is 2.33. The van der Waals surface area contributed by atoms with Crippen molar-refractivity contribution in [1.29, 1.82) is 5.26 Å². The normalized spacial score (nSPS) is 10.2. The predicted octanol–water partition coefficient (Wildman–Crippen LogP) is 5.03. The number of aromatic nitrogens is 2. The van der Waals surface area contributed by atoms with E-state index in [2.05, 4.69) is 26.7 Å². The lowest BCUT2D eigenvalue weighted by Crippen LogP contribution is -2.04. The summed E-state index contributed by atoms with van der Waals surface area (Å²) in [4.78, 5) is 8.57. The molecule has 6 nitrogen and oxygen atoms in total. The number of benzene rings is 2. The van der Waals surface area contributed by atoms with Gasteiger partial charge in [-0.2, -0.15) is 15.2 Å². The van der Waals surface area contributed by atoms with Gasteiger partial charge in [-0.1, -0.05) is 23.2 Å². The van der Waals surface area contributed by atoms with Crippen molar-refractivity contribution < 1.29 is 0 Å². The van der Waals surface area contributed by atoms with Gasteiger partial charge in [-0.05, 0) is 48.9 Å². The lowest BCUT2D eigenvalue weighted by molar-refractivity contribution is 1.17. The molecule has 1 aromatic heterocycles. The summed E-state index contributed by atoms with van der Waals surface area (Å²) >= 11 is 12.3. The minimum Gasteiger partial charge on any atom is -0.383 e. The summed E-state index contributed by atoms with van der Waals surface area (Å²) in [5.74, 6) is 1.10. The Morgan fingerprint density at radius 1 is 1.04 bits per heavy atom. The number of hydrogen-bond donors (Lipinski definition) is 3. The molecule has 1 heterocycles. The van der Waals surface area contributed by atoms with E-state index in [0.29, 0.717) is 38.9 Å². The Morgan fingerprint density at radius 3 is 2.42 bits per heavy atom. The molecular formula is C18H14Cl2N6. The van der Waals surface area contributed by atoms with Crippen LogP contribution in [0.3, 0.4) is 0 Å². The Hall–Kier alpha value is -3.01. The van der Waals surface area contributed by atoms with Crippen LogP contribution in [0.2, 0.25) is 10.0 Å². The van der Waals surface area contributed by atoms with Crippen molar-refractivity contribution in [2.24, 2.45) is 0 Å². The van der Waals surface area contributed by atoms with Crippen LogP contribution in [0.25, 0.3) is 0 Å². The summed E-state index contributed by atoms with van der Waals surface area (Å²) < 4.78 is 0. The van der Waals surface area contributed by atoms with Crippen LogP contribution in [0.5, 0.6) is 0 Å². The molecule has 3 aromatic rings. The SMILES string of the molecule is Cc1cc(Cl)cc(Cl)c1Nc1cc(N)nc(Nc2ccc(C#N)cc2)n1. The van der Waals surface area contributed by atoms with E-state index in [4.69, 9.17) is 34.2 Å².